The smallest absolute Gasteiger partial charge is 0.261 e. The van der Waals surface area contributed by atoms with Crippen LogP contribution in [0.2, 0.25) is 0 Å². The summed E-state index contributed by atoms with van der Waals surface area (Å²) in [6.07, 6.45) is 6.12. The number of anilines is 1. The van der Waals surface area contributed by atoms with Crippen LogP contribution in [0.5, 0.6) is 0 Å². The maximum atomic E-state index is 12.6. The molecule has 1 aliphatic rings. The SMILES string of the molecule is O=C(NC1CCN(c2nccn3cnnc23)C1)c1cc2ccccc2s1. The molecule has 1 unspecified atom stereocenters. The average Bonchev–Trinajstić information content (AvgIpc) is 3.39. The van der Waals surface area contributed by atoms with E-state index in [0.29, 0.717) is 0 Å². The molecular formula is C18H16N6OS. The van der Waals surface area contributed by atoms with Crippen LogP contribution >= 0.6 is 11.3 Å². The molecule has 3 aromatic heterocycles. The number of amides is 1. The first-order valence-corrected chi connectivity index (χ1v) is 9.28. The molecule has 4 aromatic rings. The van der Waals surface area contributed by atoms with E-state index in [1.807, 2.05) is 40.9 Å². The van der Waals surface area contributed by atoms with Gasteiger partial charge in [-0.2, -0.15) is 0 Å². The Bertz CT molecular complexity index is 1070. The Kier molecular flexibility index (Phi) is 3.56. The number of nitrogens with one attached hydrogen (secondary N) is 1. The third-order valence-corrected chi connectivity index (χ3v) is 5.78. The highest BCUT2D eigenvalue weighted by atomic mass is 32.1. The third-order valence-electron chi connectivity index (χ3n) is 4.67. The van der Waals surface area contributed by atoms with Crippen LogP contribution in [0.15, 0.2) is 49.1 Å². The zero-order valence-electron chi connectivity index (χ0n) is 13.9. The highest BCUT2D eigenvalue weighted by molar-refractivity contribution is 7.20. The van der Waals surface area contributed by atoms with Gasteiger partial charge in [0.2, 0.25) is 5.65 Å². The Balaban J connectivity index is 1.31. The molecule has 0 saturated carbocycles. The van der Waals surface area contributed by atoms with Crippen molar-refractivity contribution in [3.05, 3.63) is 53.9 Å². The number of benzene rings is 1. The summed E-state index contributed by atoms with van der Waals surface area (Å²) in [4.78, 5) is 20.0. The molecule has 1 aliphatic heterocycles. The van der Waals surface area contributed by atoms with Gasteiger partial charge in [-0.15, -0.1) is 21.5 Å². The fourth-order valence-corrected chi connectivity index (χ4v) is 4.35. The first-order valence-electron chi connectivity index (χ1n) is 8.47. The number of nitrogens with zero attached hydrogens (tertiary/aromatic N) is 5. The Morgan fingerprint density at radius 1 is 1.31 bits per heavy atom. The minimum atomic E-state index is -0.00769. The third kappa shape index (κ3) is 2.59. The number of thiophene rings is 1. The van der Waals surface area contributed by atoms with Crippen LogP contribution in [0.4, 0.5) is 5.82 Å². The van der Waals surface area contributed by atoms with E-state index in [1.165, 1.54) is 11.3 Å². The molecule has 130 valence electrons. The quantitative estimate of drug-likeness (QED) is 0.604. The van der Waals surface area contributed by atoms with E-state index in [4.69, 9.17) is 0 Å². The normalized spacial score (nSPS) is 17.2. The van der Waals surface area contributed by atoms with Crippen molar-refractivity contribution in [1.29, 1.82) is 0 Å². The van der Waals surface area contributed by atoms with Crippen molar-refractivity contribution in [2.45, 2.75) is 12.5 Å². The summed E-state index contributed by atoms with van der Waals surface area (Å²) in [6.45, 7) is 1.55. The van der Waals surface area contributed by atoms with Gasteiger partial charge in [-0.3, -0.25) is 9.20 Å². The second kappa shape index (κ2) is 6.06. The topological polar surface area (TPSA) is 75.4 Å². The summed E-state index contributed by atoms with van der Waals surface area (Å²) >= 11 is 1.53. The van der Waals surface area contributed by atoms with Crippen molar-refractivity contribution in [2.24, 2.45) is 0 Å². The van der Waals surface area contributed by atoms with E-state index in [1.54, 1.807) is 12.5 Å². The zero-order chi connectivity index (χ0) is 17.5. The fourth-order valence-electron chi connectivity index (χ4n) is 3.39. The summed E-state index contributed by atoms with van der Waals surface area (Å²) in [7, 11) is 0. The number of rotatable bonds is 3. The highest BCUT2D eigenvalue weighted by Gasteiger charge is 2.27. The highest BCUT2D eigenvalue weighted by Crippen LogP contribution is 2.26. The molecule has 5 rings (SSSR count). The summed E-state index contributed by atoms with van der Waals surface area (Å²) in [5.41, 5.74) is 0.740. The van der Waals surface area contributed by atoms with Crippen molar-refractivity contribution in [3.63, 3.8) is 0 Å². The minimum Gasteiger partial charge on any atom is -0.351 e. The van der Waals surface area contributed by atoms with Gasteiger partial charge in [0.15, 0.2) is 5.82 Å². The summed E-state index contributed by atoms with van der Waals surface area (Å²) < 4.78 is 2.99. The van der Waals surface area contributed by atoms with Crippen molar-refractivity contribution < 1.29 is 4.79 Å². The molecule has 1 saturated heterocycles. The molecule has 1 N–H and O–H groups in total. The Hall–Kier alpha value is -3.00. The van der Waals surface area contributed by atoms with E-state index in [0.717, 1.165) is 45.9 Å². The number of aromatic nitrogens is 4. The van der Waals surface area contributed by atoms with Gasteiger partial charge >= 0.3 is 0 Å². The number of hydrogen-bond acceptors (Lipinski definition) is 6. The van der Waals surface area contributed by atoms with Crippen LogP contribution in [0, 0.1) is 0 Å². The van der Waals surface area contributed by atoms with Gasteiger partial charge in [0.25, 0.3) is 5.91 Å². The molecule has 8 heteroatoms. The van der Waals surface area contributed by atoms with Gasteiger partial charge in [0, 0.05) is 36.2 Å². The Morgan fingerprint density at radius 3 is 3.15 bits per heavy atom. The van der Waals surface area contributed by atoms with Crippen LogP contribution in [-0.2, 0) is 0 Å². The molecular weight excluding hydrogens is 348 g/mol. The van der Waals surface area contributed by atoms with Crippen molar-refractivity contribution in [3.8, 4) is 0 Å². The molecule has 0 radical (unpaired) electrons. The van der Waals surface area contributed by atoms with E-state index < -0.39 is 0 Å². The van der Waals surface area contributed by atoms with Gasteiger partial charge in [-0.1, -0.05) is 18.2 Å². The molecule has 1 atom stereocenters. The molecule has 7 nitrogen and oxygen atoms in total. The van der Waals surface area contributed by atoms with Crippen molar-refractivity contribution in [1.82, 2.24) is 24.9 Å². The minimum absolute atomic E-state index is 0.00769. The molecule has 0 aliphatic carbocycles. The zero-order valence-corrected chi connectivity index (χ0v) is 14.7. The van der Waals surface area contributed by atoms with Gasteiger partial charge in [0.05, 0.1) is 4.88 Å². The summed E-state index contributed by atoms with van der Waals surface area (Å²) in [5, 5.41) is 12.3. The predicted octanol–water partition coefficient (Wildman–Crippen LogP) is 2.35. The van der Waals surface area contributed by atoms with E-state index in [2.05, 4.69) is 25.4 Å². The number of fused-ring (bicyclic) bond motifs is 2. The first kappa shape index (κ1) is 15.3. The average molecular weight is 364 g/mol. The lowest BCUT2D eigenvalue weighted by molar-refractivity contribution is 0.0944. The molecule has 1 aromatic carbocycles. The molecule has 0 bridgehead atoms. The van der Waals surface area contributed by atoms with Crippen LogP contribution in [0.25, 0.3) is 15.7 Å². The Morgan fingerprint density at radius 2 is 2.23 bits per heavy atom. The van der Waals surface area contributed by atoms with Crippen LogP contribution in [0.3, 0.4) is 0 Å². The molecule has 26 heavy (non-hydrogen) atoms. The second-order valence-corrected chi connectivity index (χ2v) is 7.45. The van der Waals surface area contributed by atoms with E-state index in [-0.39, 0.29) is 11.9 Å². The van der Waals surface area contributed by atoms with Gasteiger partial charge < -0.3 is 10.2 Å². The number of carbonyl (C=O) groups excluding carboxylic acids is 1. The lowest BCUT2D eigenvalue weighted by Gasteiger charge is -2.17. The maximum absolute atomic E-state index is 12.6. The monoisotopic (exact) mass is 364 g/mol. The number of hydrogen-bond donors (Lipinski definition) is 1. The Labute approximate surface area is 153 Å². The standard InChI is InChI=1S/C18H16N6OS/c25-18(15-9-12-3-1-2-4-14(12)26-15)21-13-5-7-23(10-13)16-17-22-20-11-24(17)8-6-19-16/h1-4,6,8-9,11,13H,5,7,10H2,(H,21,25). The van der Waals surface area contributed by atoms with Crippen molar-refractivity contribution >= 4 is 38.8 Å². The van der Waals surface area contributed by atoms with Crippen molar-refractivity contribution in [2.75, 3.05) is 18.0 Å². The van der Waals surface area contributed by atoms with Crippen LogP contribution in [0.1, 0.15) is 16.1 Å². The summed E-state index contributed by atoms with van der Waals surface area (Å²) in [6, 6.07) is 10.1. The lowest BCUT2D eigenvalue weighted by Crippen LogP contribution is -2.37. The molecule has 1 fully saturated rings. The fraction of sp³-hybridized carbons (Fsp3) is 0.222. The molecule has 0 spiro atoms. The lowest BCUT2D eigenvalue weighted by atomic mass is 10.2. The van der Waals surface area contributed by atoms with E-state index >= 15 is 0 Å². The van der Waals surface area contributed by atoms with Gasteiger partial charge in [-0.25, -0.2) is 4.98 Å². The van der Waals surface area contributed by atoms with Crippen LogP contribution < -0.4 is 10.2 Å². The maximum Gasteiger partial charge on any atom is 0.261 e. The molecule has 4 heterocycles. The number of carbonyl (C=O) groups is 1. The first-order chi connectivity index (χ1) is 12.8. The van der Waals surface area contributed by atoms with Gasteiger partial charge in [-0.05, 0) is 23.9 Å². The summed E-state index contributed by atoms with van der Waals surface area (Å²) in [5.74, 6) is 0.801. The van der Waals surface area contributed by atoms with Crippen LogP contribution in [-0.4, -0.2) is 44.6 Å². The molecule has 1 amide bonds. The van der Waals surface area contributed by atoms with Gasteiger partial charge in [0.1, 0.15) is 6.33 Å². The second-order valence-electron chi connectivity index (χ2n) is 6.37. The largest absolute Gasteiger partial charge is 0.351 e. The predicted molar refractivity (Wildman–Crippen MR) is 101 cm³/mol. The van der Waals surface area contributed by atoms with E-state index in [9.17, 15) is 4.79 Å².